The number of aliphatic carboxylic acids is 1. The molecule has 2 heterocycles. The number of nitrogens with zero attached hydrogens (tertiary/aromatic N) is 2. The number of fused-ring (bicyclic) bond motifs is 2. The summed E-state index contributed by atoms with van der Waals surface area (Å²) in [6.07, 6.45) is 12.1. The van der Waals surface area contributed by atoms with Crippen molar-refractivity contribution in [3.05, 3.63) is 55.1 Å². The molecule has 1 aromatic heterocycles. The molecule has 2 bridgehead atoms. The molecule has 1 aliphatic heterocycles. The topological polar surface area (TPSA) is 82.5 Å². The lowest BCUT2D eigenvalue weighted by atomic mass is 9.62. The highest BCUT2D eigenvalue weighted by Crippen LogP contribution is 2.48. The molecule has 36 heavy (non-hydrogen) atoms. The minimum absolute atomic E-state index is 0. The summed E-state index contributed by atoms with van der Waals surface area (Å²) in [6.45, 7) is 4.12. The fourth-order valence-electron chi connectivity index (χ4n) is 6.68. The molecule has 0 spiro atoms. The number of benzene rings is 1. The lowest BCUT2D eigenvalue weighted by Crippen LogP contribution is -2.43. The lowest BCUT2D eigenvalue weighted by Gasteiger charge is -2.45. The number of rotatable bonds is 6. The summed E-state index contributed by atoms with van der Waals surface area (Å²) in [7, 11) is 0. The average molecular weight is 490 g/mol. The first-order chi connectivity index (χ1) is 16.9. The molecule has 0 atom stereocenters. The number of hydrogen-bond acceptors (Lipinski definition) is 4. The number of amides is 1. The van der Waals surface area contributed by atoms with Crippen LogP contribution in [-0.4, -0.2) is 41.6 Å². The van der Waals surface area contributed by atoms with Gasteiger partial charge in [0.1, 0.15) is 5.82 Å². The Labute approximate surface area is 215 Å². The molecule has 192 valence electrons. The van der Waals surface area contributed by atoms with Gasteiger partial charge in [-0.1, -0.05) is 45.2 Å². The summed E-state index contributed by atoms with van der Waals surface area (Å²) in [5.74, 6) is 0.733. The Bertz CT molecular complexity index is 1080. The van der Waals surface area contributed by atoms with Crippen LogP contribution in [0.2, 0.25) is 0 Å². The number of hydrogen-bond donors (Lipinski definition) is 2. The molecule has 3 fully saturated rings. The number of carboxylic acid groups (broad SMARTS) is 1. The van der Waals surface area contributed by atoms with E-state index >= 15 is 0 Å². The standard InChI is InChI=1S/C29H37N3O3.CH2/c1-20-8-9-23(24-7-4-14-30-26(24)32-15-10-22(11-16-32)28(34)35)17-25(20)27(33)31-19-29-12-2-5-21(18-29)6-3-13-29;/h4,7-9,14,17,21-22H,2-3,5-6,10-13,15-16,18-19H2,1H3,(H,31,33)(H,34,35);1H2. The number of carbonyl (C=O) groups is 2. The third kappa shape index (κ3) is 5.42. The molecule has 5 rings (SSSR count). The van der Waals surface area contributed by atoms with Crippen molar-refractivity contribution in [2.24, 2.45) is 17.3 Å². The van der Waals surface area contributed by atoms with Gasteiger partial charge in [-0.15, -0.1) is 0 Å². The van der Waals surface area contributed by atoms with E-state index in [1.807, 2.05) is 31.2 Å². The molecule has 0 unspecified atom stereocenters. The Morgan fingerprint density at radius 1 is 1.11 bits per heavy atom. The Balaban J connectivity index is 0.00000304. The largest absolute Gasteiger partial charge is 0.481 e. The highest BCUT2D eigenvalue weighted by Gasteiger charge is 2.39. The van der Waals surface area contributed by atoms with E-state index in [1.165, 1.54) is 44.9 Å². The Morgan fingerprint density at radius 3 is 2.53 bits per heavy atom. The number of carboxylic acids is 1. The first kappa shape index (κ1) is 26.2. The monoisotopic (exact) mass is 489 g/mol. The SMILES string of the molecule is Cc1ccc(-c2cccnc2N2CCC(C(=O)O)CC2)cc1C(=O)NCC12CCCC(CCC1)C2.[CH2]. The van der Waals surface area contributed by atoms with Crippen molar-refractivity contribution in [2.45, 2.75) is 64.7 Å². The molecule has 2 radical (unpaired) electrons. The maximum atomic E-state index is 13.3. The van der Waals surface area contributed by atoms with Gasteiger partial charge in [-0.2, -0.15) is 0 Å². The van der Waals surface area contributed by atoms with Gasteiger partial charge in [0.25, 0.3) is 5.91 Å². The first-order valence-electron chi connectivity index (χ1n) is 13.3. The molecule has 2 aromatic rings. The molecule has 1 saturated heterocycles. The van der Waals surface area contributed by atoms with Gasteiger partial charge in [-0.05, 0) is 79.7 Å². The summed E-state index contributed by atoms with van der Waals surface area (Å²) in [5.41, 5.74) is 3.94. The first-order valence-corrected chi connectivity index (χ1v) is 13.3. The van der Waals surface area contributed by atoms with Crippen LogP contribution < -0.4 is 10.2 Å². The van der Waals surface area contributed by atoms with E-state index in [9.17, 15) is 14.7 Å². The second-order valence-corrected chi connectivity index (χ2v) is 11.0. The predicted molar refractivity (Wildman–Crippen MR) is 143 cm³/mol. The van der Waals surface area contributed by atoms with Crippen molar-refractivity contribution in [1.82, 2.24) is 10.3 Å². The lowest BCUT2D eigenvalue weighted by molar-refractivity contribution is -0.142. The zero-order valence-corrected chi connectivity index (χ0v) is 21.5. The van der Waals surface area contributed by atoms with Gasteiger partial charge in [0.2, 0.25) is 0 Å². The molecule has 2 N–H and O–H groups in total. The predicted octanol–water partition coefficient (Wildman–Crippen LogP) is 5.78. The van der Waals surface area contributed by atoms with E-state index in [0.29, 0.717) is 31.3 Å². The van der Waals surface area contributed by atoms with Crippen molar-refractivity contribution >= 4 is 17.7 Å². The Kier molecular flexibility index (Phi) is 8.01. The second-order valence-electron chi connectivity index (χ2n) is 11.0. The van der Waals surface area contributed by atoms with Gasteiger partial charge < -0.3 is 15.3 Å². The van der Waals surface area contributed by atoms with Crippen LogP contribution in [0.3, 0.4) is 0 Å². The van der Waals surface area contributed by atoms with E-state index in [2.05, 4.69) is 21.3 Å². The zero-order chi connectivity index (χ0) is 24.4. The summed E-state index contributed by atoms with van der Waals surface area (Å²) in [6, 6.07) is 10.0. The van der Waals surface area contributed by atoms with Crippen LogP contribution in [0.15, 0.2) is 36.5 Å². The molecule has 6 heteroatoms. The van der Waals surface area contributed by atoms with Crippen LogP contribution in [-0.2, 0) is 4.79 Å². The number of piperidine rings is 1. The van der Waals surface area contributed by atoms with Gasteiger partial charge >= 0.3 is 5.97 Å². The minimum atomic E-state index is -0.711. The van der Waals surface area contributed by atoms with E-state index in [1.54, 1.807) is 6.20 Å². The van der Waals surface area contributed by atoms with E-state index in [0.717, 1.165) is 40.5 Å². The molecule has 1 amide bonds. The fourth-order valence-corrected chi connectivity index (χ4v) is 6.68. The molecule has 2 aliphatic carbocycles. The third-order valence-corrected chi connectivity index (χ3v) is 8.71. The number of nitrogens with one attached hydrogen (secondary N) is 1. The minimum Gasteiger partial charge on any atom is -0.481 e. The van der Waals surface area contributed by atoms with Crippen molar-refractivity contribution in [3.63, 3.8) is 0 Å². The normalized spacial score (nSPS) is 24.0. The number of anilines is 1. The van der Waals surface area contributed by atoms with E-state index in [4.69, 9.17) is 0 Å². The van der Waals surface area contributed by atoms with E-state index in [-0.39, 0.29) is 19.3 Å². The fraction of sp³-hybridized carbons (Fsp3) is 0.533. The van der Waals surface area contributed by atoms with Gasteiger partial charge in [-0.3, -0.25) is 9.59 Å². The summed E-state index contributed by atoms with van der Waals surface area (Å²) < 4.78 is 0. The second kappa shape index (κ2) is 11.0. The van der Waals surface area contributed by atoms with Crippen LogP contribution in [0.25, 0.3) is 11.1 Å². The maximum absolute atomic E-state index is 13.3. The van der Waals surface area contributed by atoms with Gasteiger partial charge in [0.15, 0.2) is 0 Å². The Morgan fingerprint density at radius 2 is 1.83 bits per heavy atom. The highest BCUT2D eigenvalue weighted by atomic mass is 16.4. The molecule has 6 nitrogen and oxygen atoms in total. The van der Waals surface area contributed by atoms with E-state index < -0.39 is 5.97 Å². The van der Waals surface area contributed by atoms with Gasteiger partial charge in [0.05, 0.1) is 5.92 Å². The molecular weight excluding hydrogens is 450 g/mol. The van der Waals surface area contributed by atoms with Crippen molar-refractivity contribution in [3.8, 4) is 11.1 Å². The smallest absolute Gasteiger partial charge is 0.306 e. The number of pyridine rings is 1. The molecule has 3 aliphatic rings. The Hall–Kier alpha value is -2.89. The number of aryl methyl sites for hydroxylation is 1. The van der Waals surface area contributed by atoms with Crippen LogP contribution in [0.5, 0.6) is 0 Å². The zero-order valence-electron chi connectivity index (χ0n) is 21.5. The van der Waals surface area contributed by atoms with Crippen LogP contribution in [0, 0.1) is 31.6 Å². The summed E-state index contributed by atoms with van der Waals surface area (Å²) in [4.78, 5) is 31.5. The van der Waals surface area contributed by atoms with Crippen molar-refractivity contribution in [2.75, 3.05) is 24.5 Å². The van der Waals surface area contributed by atoms with Crippen molar-refractivity contribution in [1.29, 1.82) is 0 Å². The quantitative estimate of drug-likeness (QED) is 0.538. The van der Waals surface area contributed by atoms with Gasteiger partial charge in [-0.25, -0.2) is 4.98 Å². The number of aromatic nitrogens is 1. The van der Waals surface area contributed by atoms with Crippen LogP contribution >= 0.6 is 0 Å². The average Bonchev–Trinajstić information content (AvgIpc) is 2.88. The molecule has 1 aromatic carbocycles. The van der Waals surface area contributed by atoms with Crippen molar-refractivity contribution < 1.29 is 14.7 Å². The third-order valence-electron chi connectivity index (χ3n) is 8.71. The molecule has 2 saturated carbocycles. The number of carbonyl (C=O) groups excluding carboxylic acids is 1. The summed E-state index contributed by atoms with van der Waals surface area (Å²) in [5, 5.41) is 12.6. The highest BCUT2D eigenvalue weighted by molar-refractivity contribution is 5.97. The maximum Gasteiger partial charge on any atom is 0.306 e. The van der Waals surface area contributed by atoms with Crippen LogP contribution in [0.1, 0.15) is 73.7 Å². The summed E-state index contributed by atoms with van der Waals surface area (Å²) >= 11 is 0. The van der Waals surface area contributed by atoms with Gasteiger partial charge in [0, 0.05) is 37.0 Å². The van der Waals surface area contributed by atoms with Crippen LogP contribution in [0.4, 0.5) is 5.82 Å². The molecular formula is C30H39N3O3.